The van der Waals surface area contributed by atoms with Gasteiger partial charge in [-0.3, -0.25) is 0 Å². The van der Waals surface area contributed by atoms with Crippen molar-refractivity contribution < 1.29 is 13.9 Å². The molecule has 2 aromatic rings. The molecule has 0 saturated carbocycles. The Morgan fingerprint density at radius 2 is 1.72 bits per heavy atom. The number of halogens is 2. The number of aryl methyl sites for hydroxylation is 1. The van der Waals surface area contributed by atoms with Gasteiger partial charge in [-0.1, -0.05) is 30.0 Å². The molecule has 0 atom stereocenters. The number of hydrogen-bond donors (Lipinski definition) is 1. The largest absolute Gasteiger partial charge is 0.392 e. The summed E-state index contributed by atoms with van der Waals surface area (Å²) in [6, 6.07) is 9.72. The zero-order valence-corrected chi connectivity index (χ0v) is 10.6. The second-order valence-electron chi connectivity index (χ2n) is 3.91. The van der Waals surface area contributed by atoms with E-state index < -0.39 is 11.6 Å². The van der Waals surface area contributed by atoms with Gasteiger partial charge in [0.15, 0.2) is 0 Å². The molecule has 0 bridgehead atoms. The van der Waals surface area contributed by atoms with Gasteiger partial charge in [-0.05, 0) is 36.2 Å². The third kappa shape index (κ3) is 2.71. The van der Waals surface area contributed by atoms with E-state index in [4.69, 9.17) is 5.11 Å². The Hall–Kier alpha value is -1.39. The average Bonchev–Trinajstić information content (AvgIpc) is 2.35. The monoisotopic (exact) mass is 266 g/mol. The van der Waals surface area contributed by atoms with Crippen molar-refractivity contribution in [1.82, 2.24) is 0 Å². The second kappa shape index (κ2) is 5.50. The zero-order chi connectivity index (χ0) is 13.1. The van der Waals surface area contributed by atoms with E-state index in [0.29, 0.717) is 0 Å². The van der Waals surface area contributed by atoms with Crippen LogP contribution in [0.1, 0.15) is 11.1 Å². The van der Waals surface area contributed by atoms with Crippen LogP contribution in [0.15, 0.2) is 46.2 Å². The summed E-state index contributed by atoms with van der Waals surface area (Å²) in [5, 5.41) is 8.87. The highest BCUT2D eigenvalue weighted by molar-refractivity contribution is 7.99. The lowest BCUT2D eigenvalue weighted by atomic mass is 10.2. The van der Waals surface area contributed by atoms with Gasteiger partial charge in [0.2, 0.25) is 0 Å². The number of hydrogen-bond acceptors (Lipinski definition) is 2. The highest BCUT2D eigenvalue weighted by Crippen LogP contribution is 2.34. The first kappa shape index (κ1) is 13.1. The molecule has 1 nitrogen and oxygen atoms in total. The quantitative estimate of drug-likeness (QED) is 0.908. The first-order valence-corrected chi connectivity index (χ1v) is 6.25. The van der Waals surface area contributed by atoms with E-state index >= 15 is 0 Å². The fraction of sp³-hybridized carbons (Fsp3) is 0.143. The fourth-order valence-electron chi connectivity index (χ4n) is 1.58. The summed E-state index contributed by atoms with van der Waals surface area (Å²) in [6.07, 6.45) is 0. The molecule has 0 amide bonds. The predicted molar refractivity (Wildman–Crippen MR) is 67.6 cm³/mol. The third-order valence-electron chi connectivity index (χ3n) is 2.55. The summed E-state index contributed by atoms with van der Waals surface area (Å²) in [5.41, 5.74) is 1.20. The normalized spacial score (nSPS) is 10.7. The minimum absolute atomic E-state index is 0.0403. The number of benzene rings is 2. The lowest BCUT2D eigenvalue weighted by molar-refractivity contribution is 0.280. The van der Waals surface area contributed by atoms with E-state index in [9.17, 15) is 8.78 Å². The van der Waals surface area contributed by atoms with E-state index in [1.165, 1.54) is 0 Å². The van der Waals surface area contributed by atoms with Crippen LogP contribution < -0.4 is 0 Å². The molecule has 0 aromatic heterocycles. The Labute approximate surface area is 108 Å². The molecule has 1 N–H and O–H groups in total. The molecule has 0 fully saturated rings. The second-order valence-corrected chi connectivity index (χ2v) is 4.97. The van der Waals surface area contributed by atoms with E-state index in [0.717, 1.165) is 34.4 Å². The first-order valence-electron chi connectivity index (χ1n) is 5.44. The molecular weight excluding hydrogens is 254 g/mol. The Bertz CT molecular complexity index is 546. The van der Waals surface area contributed by atoms with Crippen molar-refractivity contribution in [3.8, 4) is 0 Å². The Balaban J connectivity index is 2.38. The minimum Gasteiger partial charge on any atom is -0.392 e. The van der Waals surface area contributed by atoms with Crippen molar-refractivity contribution in [3.05, 3.63) is 59.2 Å². The van der Waals surface area contributed by atoms with Gasteiger partial charge >= 0.3 is 0 Å². The van der Waals surface area contributed by atoms with Gasteiger partial charge in [0.1, 0.15) is 11.6 Å². The standard InChI is InChI=1S/C14H12F2OS/c1-9-4-2-3-5-13(9)18-14-11(15)6-10(8-17)7-12(14)16/h2-7,17H,8H2,1H3. The molecule has 0 radical (unpaired) electrons. The topological polar surface area (TPSA) is 20.2 Å². The summed E-state index contributed by atoms with van der Waals surface area (Å²) < 4.78 is 27.5. The number of aliphatic hydroxyl groups is 1. The highest BCUT2D eigenvalue weighted by atomic mass is 32.2. The van der Waals surface area contributed by atoms with Crippen LogP contribution in [0.4, 0.5) is 8.78 Å². The Kier molecular flexibility index (Phi) is 3.99. The van der Waals surface area contributed by atoms with Crippen LogP contribution in [0.2, 0.25) is 0 Å². The van der Waals surface area contributed by atoms with Crippen molar-refractivity contribution >= 4 is 11.8 Å². The molecule has 4 heteroatoms. The predicted octanol–water partition coefficient (Wildman–Crippen LogP) is 3.92. The maximum Gasteiger partial charge on any atom is 0.140 e. The number of aliphatic hydroxyl groups excluding tert-OH is 1. The Morgan fingerprint density at radius 1 is 1.11 bits per heavy atom. The third-order valence-corrected chi connectivity index (χ3v) is 3.82. The lowest BCUT2D eigenvalue weighted by Crippen LogP contribution is -1.93. The van der Waals surface area contributed by atoms with Gasteiger partial charge in [0, 0.05) is 4.90 Å². The molecular formula is C14H12F2OS. The molecule has 18 heavy (non-hydrogen) atoms. The van der Waals surface area contributed by atoms with Crippen molar-refractivity contribution in [2.24, 2.45) is 0 Å². The molecule has 0 spiro atoms. The van der Waals surface area contributed by atoms with Gasteiger partial charge in [0.05, 0.1) is 11.5 Å². The van der Waals surface area contributed by atoms with E-state index in [-0.39, 0.29) is 17.1 Å². The van der Waals surface area contributed by atoms with Gasteiger partial charge in [-0.15, -0.1) is 0 Å². The van der Waals surface area contributed by atoms with Crippen molar-refractivity contribution in [2.75, 3.05) is 0 Å². The van der Waals surface area contributed by atoms with Gasteiger partial charge in [0.25, 0.3) is 0 Å². The summed E-state index contributed by atoms with van der Waals surface area (Å²) in [6.45, 7) is 1.52. The lowest BCUT2D eigenvalue weighted by Gasteiger charge is -2.08. The zero-order valence-electron chi connectivity index (χ0n) is 9.78. The summed E-state index contributed by atoms with van der Waals surface area (Å²) in [7, 11) is 0. The smallest absolute Gasteiger partial charge is 0.140 e. The molecule has 0 aliphatic rings. The minimum atomic E-state index is -0.646. The van der Waals surface area contributed by atoms with Gasteiger partial charge in [-0.2, -0.15) is 0 Å². The van der Waals surface area contributed by atoms with E-state index in [1.54, 1.807) is 0 Å². The number of rotatable bonds is 3. The summed E-state index contributed by atoms with van der Waals surface area (Å²) in [4.78, 5) is 0.772. The molecule has 0 aliphatic heterocycles. The Morgan fingerprint density at radius 3 is 2.28 bits per heavy atom. The van der Waals surface area contributed by atoms with Crippen LogP contribution >= 0.6 is 11.8 Å². The van der Waals surface area contributed by atoms with Gasteiger partial charge in [-0.25, -0.2) is 8.78 Å². The molecule has 0 aliphatic carbocycles. The van der Waals surface area contributed by atoms with Crippen molar-refractivity contribution in [1.29, 1.82) is 0 Å². The first-order chi connectivity index (χ1) is 8.61. The highest BCUT2D eigenvalue weighted by Gasteiger charge is 2.13. The SMILES string of the molecule is Cc1ccccc1Sc1c(F)cc(CO)cc1F. The molecule has 0 unspecified atom stereocenters. The summed E-state index contributed by atoms with van der Waals surface area (Å²) >= 11 is 1.06. The summed E-state index contributed by atoms with van der Waals surface area (Å²) in [5.74, 6) is -1.29. The van der Waals surface area contributed by atoms with Crippen LogP contribution in [-0.2, 0) is 6.61 Å². The molecule has 2 aromatic carbocycles. The van der Waals surface area contributed by atoms with E-state index in [2.05, 4.69) is 0 Å². The average molecular weight is 266 g/mol. The molecule has 2 rings (SSSR count). The van der Waals surface area contributed by atoms with Crippen LogP contribution in [0.3, 0.4) is 0 Å². The van der Waals surface area contributed by atoms with Crippen molar-refractivity contribution in [3.63, 3.8) is 0 Å². The van der Waals surface area contributed by atoms with Crippen LogP contribution in [0.5, 0.6) is 0 Å². The maximum atomic E-state index is 13.7. The molecule has 0 saturated heterocycles. The van der Waals surface area contributed by atoms with Crippen LogP contribution in [0.25, 0.3) is 0 Å². The van der Waals surface area contributed by atoms with E-state index in [1.807, 2.05) is 31.2 Å². The van der Waals surface area contributed by atoms with Crippen molar-refractivity contribution in [2.45, 2.75) is 23.3 Å². The van der Waals surface area contributed by atoms with Gasteiger partial charge < -0.3 is 5.11 Å². The van der Waals surface area contributed by atoms with Crippen LogP contribution in [-0.4, -0.2) is 5.11 Å². The fourth-order valence-corrected chi connectivity index (χ4v) is 2.49. The maximum absolute atomic E-state index is 13.7. The molecule has 0 heterocycles. The molecule has 94 valence electrons. The van der Waals surface area contributed by atoms with Crippen LogP contribution in [0, 0.1) is 18.6 Å².